The molecule has 12 heavy (non-hydrogen) atoms. The minimum absolute atomic E-state index is 0.127. The second kappa shape index (κ2) is 5.72. The Kier molecular flexibility index (Phi) is 5.30. The summed E-state index contributed by atoms with van der Waals surface area (Å²) >= 11 is 0. The Balaban J connectivity index is 3.44. The number of aliphatic carboxylic acids is 1. The highest BCUT2D eigenvalue weighted by molar-refractivity contribution is 7.30. The van der Waals surface area contributed by atoms with Gasteiger partial charge < -0.3 is 5.11 Å². The fraction of sp³-hybridized carbons (Fsp3) is 0.571. The first-order chi connectivity index (χ1) is 5.54. The third-order valence-corrected chi connectivity index (χ3v) is 2.05. The molecule has 0 saturated carbocycles. The van der Waals surface area contributed by atoms with Crippen LogP contribution in [0.2, 0.25) is 0 Å². The molecular formula is C7H11O4P. The third-order valence-electron chi connectivity index (χ3n) is 1.37. The van der Waals surface area contributed by atoms with E-state index in [4.69, 9.17) is 5.11 Å². The third kappa shape index (κ3) is 5.86. The van der Waals surface area contributed by atoms with E-state index in [2.05, 4.69) is 6.58 Å². The van der Waals surface area contributed by atoms with E-state index in [0.29, 0.717) is 19.3 Å². The monoisotopic (exact) mass is 190 g/mol. The number of carboxylic acids is 1. The molecule has 0 aromatic rings. The maximum Gasteiger partial charge on any atom is 0.330 e. The zero-order chi connectivity index (χ0) is 9.56. The van der Waals surface area contributed by atoms with Crippen molar-refractivity contribution in [1.82, 2.24) is 0 Å². The molecule has 0 aromatic heterocycles. The van der Waals surface area contributed by atoms with Crippen LogP contribution in [-0.4, -0.2) is 17.2 Å². The number of rotatable bonds is 6. The summed E-state index contributed by atoms with van der Waals surface area (Å²) in [6.45, 7) is 3.32. The van der Waals surface area contributed by atoms with E-state index < -0.39 is 13.6 Å². The van der Waals surface area contributed by atoms with Crippen LogP contribution in [0.1, 0.15) is 19.3 Å². The standard InChI is InChI=1S/C7H11O4P/c1-6(7(8)9)4-2-3-5-12(10)11/h1-5H2,(H,8,9). The highest BCUT2D eigenvalue weighted by Crippen LogP contribution is 2.11. The van der Waals surface area contributed by atoms with Gasteiger partial charge in [-0.1, -0.05) is 6.58 Å². The quantitative estimate of drug-likeness (QED) is 0.395. The molecule has 0 spiro atoms. The van der Waals surface area contributed by atoms with E-state index in [9.17, 15) is 13.9 Å². The van der Waals surface area contributed by atoms with Crippen LogP contribution in [0.25, 0.3) is 0 Å². The lowest BCUT2D eigenvalue weighted by Gasteiger charge is -1.96. The van der Waals surface area contributed by atoms with Gasteiger partial charge in [-0.3, -0.25) is 0 Å². The fourth-order valence-corrected chi connectivity index (χ4v) is 1.17. The Bertz CT molecular complexity index is 234. The lowest BCUT2D eigenvalue weighted by Crippen LogP contribution is -1.98. The highest BCUT2D eigenvalue weighted by Gasteiger charge is 2.02. The summed E-state index contributed by atoms with van der Waals surface area (Å²) in [4.78, 5) is 10.2. The maximum absolute atomic E-state index is 10.2. The molecule has 5 heteroatoms. The zero-order valence-electron chi connectivity index (χ0n) is 6.65. The number of carboxylic acid groups (broad SMARTS) is 1. The molecule has 0 bridgehead atoms. The molecule has 0 unspecified atom stereocenters. The molecule has 0 aromatic carbocycles. The van der Waals surface area contributed by atoms with Crippen molar-refractivity contribution in [2.45, 2.75) is 19.3 Å². The molecule has 0 aliphatic rings. The number of unbranched alkanes of at least 4 members (excludes halogenated alkanes) is 1. The van der Waals surface area contributed by atoms with Gasteiger partial charge in [0.15, 0.2) is 0 Å². The van der Waals surface area contributed by atoms with Gasteiger partial charge in [0.25, 0.3) is 0 Å². The predicted molar refractivity (Wildman–Crippen MR) is 43.8 cm³/mol. The van der Waals surface area contributed by atoms with Crippen LogP contribution in [0, 0.1) is 0 Å². The van der Waals surface area contributed by atoms with Crippen LogP contribution in [0.3, 0.4) is 0 Å². The van der Waals surface area contributed by atoms with Crippen LogP contribution < -0.4 is 0 Å². The van der Waals surface area contributed by atoms with Gasteiger partial charge in [0.05, 0.1) is 6.16 Å². The van der Waals surface area contributed by atoms with Crippen LogP contribution >= 0.6 is 7.68 Å². The van der Waals surface area contributed by atoms with Gasteiger partial charge in [-0.05, 0) is 19.3 Å². The molecule has 0 saturated heterocycles. The van der Waals surface area contributed by atoms with Crippen molar-refractivity contribution in [3.8, 4) is 0 Å². The first kappa shape index (κ1) is 11.1. The summed E-state index contributed by atoms with van der Waals surface area (Å²) in [5.41, 5.74) is 0.135. The Morgan fingerprint density at radius 3 is 2.33 bits per heavy atom. The molecule has 0 fully saturated rings. The van der Waals surface area contributed by atoms with Crippen molar-refractivity contribution >= 4 is 13.6 Å². The molecule has 0 atom stereocenters. The van der Waals surface area contributed by atoms with E-state index in [-0.39, 0.29) is 11.7 Å². The van der Waals surface area contributed by atoms with Gasteiger partial charge in [0.2, 0.25) is 0 Å². The van der Waals surface area contributed by atoms with E-state index in [1.165, 1.54) is 0 Å². The molecule has 1 N–H and O–H groups in total. The van der Waals surface area contributed by atoms with Crippen LogP contribution in [0.4, 0.5) is 0 Å². The van der Waals surface area contributed by atoms with E-state index in [0.717, 1.165) is 0 Å². The maximum atomic E-state index is 10.2. The van der Waals surface area contributed by atoms with Crippen molar-refractivity contribution < 1.29 is 19.0 Å². The Morgan fingerprint density at radius 2 is 1.92 bits per heavy atom. The minimum Gasteiger partial charge on any atom is -0.478 e. The first-order valence-corrected chi connectivity index (χ1v) is 4.93. The van der Waals surface area contributed by atoms with E-state index in [1.807, 2.05) is 0 Å². The average molecular weight is 190 g/mol. The molecule has 0 heterocycles. The summed E-state index contributed by atoms with van der Waals surface area (Å²) in [6, 6.07) is 0. The summed E-state index contributed by atoms with van der Waals surface area (Å²) in [6.07, 6.45) is 1.56. The second-order valence-electron chi connectivity index (χ2n) is 2.42. The van der Waals surface area contributed by atoms with Crippen LogP contribution in [0.5, 0.6) is 0 Å². The van der Waals surface area contributed by atoms with Crippen LogP contribution in [-0.2, 0) is 13.9 Å². The summed E-state index contributed by atoms with van der Waals surface area (Å²) in [5, 5.41) is 8.37. The number of carbonyl (C=O) groups is 1. The smallest absolute Gasteiger partial charge is 0.330 e. The second-order valence-corrected chi connectivity index (χ2v) is 3.53. The van der Waals surface area contributed by atoms with Crippen molar-refractivity contribution in [2.75, 3.05) is 6.16 Å². The SMILES string of the molecule is C=C(CCCCP(=O)=O)C(=O)O. The fourth-order valence-electron chi connectivity index (χ4n) is 0.686. The number of hydrogen-bond donors (Lipinski definition) is 1. The first-order valence-electron chi connectivity index (χ1n) is 3.57. The normalized spacial score (nSPS) is 9.33. The number of hydrogen-bond acceptors (Lipinski definition) is 3. The molecule has 0 aliphatic heterocycles. The molecule has 0 rings (SSSR count). The van der Waals surface area contributed by atoms with Crippen LogP contribution in [0.15, 0.2) is 12.2 Å². The predicted octanol–water partition coefficient (Wildman–Crippen LogP) is 1.97. The van der Waals surface area contributed by atoms with Gasteiger partial charge in [-0.15, -0.1) is 0 Å². The average Bonchev–Trinajstić information content (AvgIpc) is 1.97. The molecule has 0 amide bonds. The summed E-state index contributed by atoms with van der Waals surface area (Å²) < 4.78 is 20.2. The summed E-state index contributed by atoms with van der Waals surface area (Å²) in [7, 11) is -2.32. The van der Waals surface area contributed by atoms with E-state index in [1.54, 1.807) is 0 Å². The van der Waals surface area contributed by atoms with Gasteiger partial charge in [0, 0.05) is 5.57 Å². The molecule has 4 nitrogen and oxygen atoms in total. The Labute approximate surface area is 71.1 Å². The van der Waals surface area contributed by atoms with Gasteiger partial charge >= 0.3 is 13.6 Å². The topological polar surface area (TPSA) is 71.4 Å². The van der Waals surface area contributed by atoms with Gasteiger partial charge in [-0.2, -0.15) is 0 Å². The molecule has 68 valence electrons. The minimum atomic E-state index is -2.32. The Hall–Kier alpha value is -0.890. The summed E-state index contributed by atoms with van der Waals surface area (Å²) in [5.74, 6) is -1.01. The van der Waals surface area contributed by atoms with Gasteiger partial charge in [0.1, 0.15) is 0 Å². The van der Waals surface area contributed by atoms with Crippen molar-refractivity contribution in [1.29, 1.82) is 0 Å². The molecule has 0 radical (unpaired) electrons. The molecular weight excluding hydrogens is 179 g/mol. The molecule has 0 aliphatic carbocycles. The van der Waals surface area contributed by atoms with E-state index >= 15 is 0 Å². The van der Waals surface area contributed by atoms with Crippen molar-refractivity contribution in [2.24, 2.45) is 0 Å². The highest BCUT2D eigenvalue weighted by atomic mass is 31.1. The lowest BCUT2D eigenvalue weighted by molar-refractivity contribution is -0.132. The lowest BCUT2D eigenvalue weighted by atomic mass is 10.1. The Morgan fingerprint density at radius 1 is 1.33 bits per heavy atom. The zero-order valence-corrected chi connectivity index (χ0v) is 7.55. The van der Waals surface area contributed by atoms with Crippen molar-refractivity contribution in [3.63, 3.8) is 0 Å². The van der Waals surface area contributed by atoms with Crippen molar-refractivity contribution in [3.05, 3.63) is 12.2 Å². The largest absolute Gasteiger partial charge is 0.478 e. The van der Waals surface area contributed by atoms with Gasteiger partial charge in [-0.25, -0.2) is 13.9 Å².